The maximum Gasteiger partial charge on any atom is 0.356 e. The molecule has 0 saturated carbocycles. The van der Waals surface area contributed by atoms with Gasteiger partial charge in [-0.15, -0.1) is 0 Å². The van der Waals surface area contributed by atoms with Crippen LogP contribution in [0.3, 0.4) is 0 Å². The van der Waals surface area contributed by atoms with E-state index in [-0.39, 0.29) is 11.6 Å². The van der Waals surface area contributed by atoms with E-state index < -0.39 is 5.97 Å². The molecule has 0 radical (unpaired) electrons. The molecular formula is C10H14N4O3. The van der Waals surface area contributed by atoms with Gasteiger partial charge in [-0.05, 0) is 0 Å². The first kappa shape index (κ1) is 12.9. The molecule has 1 aromatic rings. The molecule has 92 valence electrons. The maximum atomic E-state index is 11.1. The molecule has 17 heavy (non-hydrogen) atoms. The molecule has 1 amide bonds. The number of aromatic nitrogens is 2. The number of carbonyl (C=O) groups excluding carboxylic acids is 1. The molecule has 0 aromatic carbocycles. The summed E-state index contributed by atoms with van der Waals surface area (Å²) in [6.07, 6.45) is 2.95. The van der Waals surface area contributed by atoms with E-state index in [1.54, 1.807) is 19.0 Å². The Balaban J connectivity index is 2.68. The van der Waals surface area contributed by atoms with Crippen molar-refractivity contribution in [3.05, 3.63) is 18.1 Å². The first-order chi connectivity index (χ1) is 8.04. The molecule has 0 fully saturated rings. The largest absolute Gasteiger partial charge is 0.476 e. The zero-order valence-electron chi connectivity index (χ0n) is 9.67. The van der Waals surface area contributed by atoms with Gasteiger partial charge in [-0.1, -0.05) is 0 Å². The highest BCUT2D eigenvalue weighted by Crippen LogP contribution is 2.07. The van der Waals surface area contributed by atoms with Crippen LogP contribution in [0.1, 0.15) is 16.9 Å². The highest BCUT2D eigenvalue weighted by molar-refractivity contribution is 5.85. The molecular weight excluding hydrogens is 224 g/mol. The summed E-state index contributed by atoms with van der Waals surface area (Å²) >= 11 is 0. The normalized spacial score (nSPS) is 9.76. The monoisotopic (exact) mass is 238 g/mol. The number of aromatic carboxylic acids is 1. The van der Waals surface area contributed by atoms with Crippen molar-refractivity contribution >= 4 is 17.7 Å². The Morgan fingerprint density at radius 3 is 2.76 bits per heavy atom. The molecule has 0 aliphatic carbocycles. The smallest absolute Gasteiger partial charge is 0.356 e. The van der Waals surface area contributed by atoms with Crippen molar-refractivity contribution in [3.8, 4) is 0 Å². The van der Waals surface area contributed by atoms with Crippen LogP contribution in [0.5, 0.6) is 0 Å². The highest BCUT2D eigenvalue weighted by Gasteiger charge is 2.10. The molecule has 1 heterocycles. The van der Waals surface area contributed by atoms with Gasteiger partial charge in [0.2, 0.25) is 5.91 Å². The SMILES string of the molecule is CNC(=O)CCN(C)c1cncc(C(=O)O)n1. The second-order valence-corrected chi connectivity index (χ2v) is 3.41. The van der Waals surface area contributed by atoms with Gasteiger partial charge in [0.1, 0.15) is 5.82 Å². The van der Waals surface area contributed by atoms with Crippen molar-refractivity contribution in [2.24, 2.45) is 0 Å². The molecule has 0 saturated heterocycles. The molecule has 7 heteroatoms. The molecule has 0 atom stereocenters. The third-order valence-electron chi connectivity index (χ3n) is 2.19. The third kappa shape index (κ3) is 3.71. The van der Waals surface area contributed by atoms with E-state index >= 15 is 0 Å². The molecule has 1 rings (SSSR count). The highest BCUT2D eigenvalue weighted by atomic mass is 16.4. The average Bonchev–Trinajstić information content (AvgIpc) is 2.35. The Kier molecular flexibility index (Phi) is 4.38. The Labute approximate surface area is 98.5 Å². The summed E-state index contributed by atoms with van der Waals surface area (Å²) < 4.78 is 0. The van der Waals surface area contributed by atoms with Gasteiger partial charge < -0.3 is 15.3 Å². The van der Waals surface area contributed by atoms with Crippen molar-refractivity contribution in [2.75, 3.05) is 25.5 Å². The van der Waals surface area contributed by atoms with Crippen LogP contribution in [0.15, 0.2) is 12.4 Å². The van der Waals surface area contributed by atoms with Crippen molar-refractivity contribution in [1.29, 1.82) is 0 Å². The van der Waals surface area contributed by atoms with Crippen molar-refractivity contribution in [1.82, 2.24) is 15.3 Å². The average molecular weight is 238 g/mol. The van der Waals surface area contributed by atoms with Gasteiger partial charge in [-0.25, -0.2) is 9.78 Å². The van der Waals surface area contributed by atoms with Crippen LogP contribution in [0.4, 0.5) is 5.82 Å². The Morgan fingerprint density at radius 2 is 2.18 bits per heavy atom. The minimum absolute atomic E-state index is 0.0841. The Bertz CT molecular complexity index is 422. The third-order valence-corrected chi connectivity index (χ3v) is 2.19. The predicted molar refractivity (Wildman–Crippen MR) is 60.9 cm³/mol. The van der Waals surface area contributed by atoms with E-state index in [9.17, 15) is 9.59 Å². The van der Waals surface area contributed by atoms with Gasteiger partial charge in [0.15, 0.2) is 5.69 Å². The first-order valence-corrected chi connectivity index (χ1v) is 5.01. The summed E-state index contributed by atoms with van der Waals surface area (Å²) in [5, 5.41) is 11.3. The van der Waals surface area contributed by atoms with E-state index in [1.807, 2.05) is 0 Å². The molecule has 7 nitrogen and oxygen atoms in total. The molecule has 0 spiro atoms. The zero-order valence-corrected chi connectivity index (χ0v) is 9.67. The maximum absolute atomic E-state index is 11.1. The number of amides is 1. The topological polar surface area (TPSA) is 95.4 Å². The lowest BCUT2D eigenvalue weighted by molar-refractivity contribution is -0.120. The molecule has 0 bridgehead atoms. The van der Waals surface area contributed by atoms with E-state index in [0.717, 1.165) is 0 Å². The fourth-order valence-electron chi connectivity index (χ4n) is 1.15. The summed E-state index contributed by atoms with van der Waals surface area (Å²) in [7, 11) is 3.28. The van der Waals surface area contributed by atoms with Crippen LogP contribution in [0.2, 0.25) is 0 Å². The van der Waals surface area contributed by atoms with Gasteiger partial charge in [-0.3, -0.25) is 9.78 Å². The van der Waals surface area contributed by atoms with E-state index in [2.05, 4.69) is 15.3 Å². The Hall–Kier alpha value is -2.18. The van der Waals surface area contributed by atoms with Gasteiger partial charge in [0, 0.05) is 27.1 Å². The number of anilines is 1. The fraction of sp³-hybridized carbons (Fsp3) is 0.400. The number of carbonyl (C=O) groups is 2. The minimum atomic E-state index is -1.13. The van der Waals surface area contributed by atoms with Gasteiger partial charge in [0.05, 0.1) is 12.4 Å². The summed E-state index contributed by atoms with van der Waals surface area (Å²) in [4.78, 5) is 31.1. The van der Waals surface area contributed by atoms with Crippen molar-refractivity contribution in [3.63, 3.8) is 0 Å². The predicted octanol–water partition coefficient (Wildman–Crippen LogP) is -0.253. The van der Waals surface area contributed by atoms with Crippen molar-refractivity contribution in [2.45, 2.75) is 6.42 Å². The van der Waals surface area contributed by atoms with E-state index in [4.69, 9.17) is 5.11 Å². The number of nitrogens with zero attached hydrogens (tertiary/aromatic N) is 3. The van der Waals surface area contributed by atoms with E-state index in [0.29, 0.717) is 18.8 Å². The molecule has 0 unspecified atom stereocenters. The Morgan fingerprint density at radius 1 is 1.47 bits per heavy atom. The number of nitrogens with one attached hydrogen (secondary N) is 1. The van der Waals surface area contributed by atoms with Crippen molar-refractivity contribution < 1.29 is 14.7 Å². The van der Waals surface area contributed by atoms with Crippen LogP contribution in [-0.4, -0.2) is 47.6 Å². The van der Waals surface area contributed by atoms with Gasteiger partial charge in [-0.2, -0.15) is 0 Å². The lowest BCUT2D eigenvalue weighted by Gasteiger charge is -2.17. The van der Waals surface area contributed by atoms with Gasteiger partial charge >= 0.3 is 5.97 Å². The second kappa shape index (κ2) is 5.78. The molecule has 0 aliphatic rings. The van der Waals surface area contributed by atoms with Gasteiger partial charge in [0.25, 0.3) is 0 Å². The summed E-state index contributed by atoms with van der Waals surface area (Å²) in [6, 6.07) is 0. The number of carboxylic acids is 1. The standard InChI is InChI=1S/C10H14N4O3/c1-11-9(15)3-4-14(2)8-6-12-5-7(13-8)10(16)17/h5-6H,3-4H2,1-2H3,(H,11,15)(H,16,17). The lowest BCUT2D eigenvalue weighted by Crippen LogP contribution is -2.27. The minimum Gasteiger partial charge on any atom is -0.476 e. The summed E-state index contributed by atoms with van der Waals surface area (Å²) in [5.74, 6) is -0.785. The van der Waals surface area contributed by atoms with Crippen LogP contribution >= 0.6 is 0 Å². The summed E-state index contributed by atoms with van der Waals surface area (Å²) in [6.45, 7) is 0.442. The quantitative estimate of drug-likeness (QED) is 0.734. The number of carboxylic acid groups (broad SMARTS) is 1. The number of hydrogen-bond donors (Lipinski definition) is 2. The molecule has 0 aliphatic heterocycles. The second-order valence-electron chi connectivity index (χ2n) is 3.41. The van der Waals surface area contributed by atoms with Crippen LogP contribution in [-0.2, 0) is 4.79 Å². The molecule has 1 aromatic heterocycles. The number of rotatable bonds is 5. The fourth-order valence-corrected chi connectivity index (χ4v) is 1.15. The van der Waals surface area contributed by atoms with Crippen LogP contribution < -0.4 is 10.2 Å². The van der Waals surface area contributed by atoms with E-state index in [1.165, 1.54) is 12.4 Å². The van der Waals surface area contributed by atoms with Crippen LogP contribution in [0, 0.1) is 0 Å². The summed E-state index contributed by atoms with van der Waals surface area (Å²) in [5.41, 5.74) is -0.116. The molecule has 2 N–H and O–H groups in total. The van der Waals surface area contributed by atoms with Crippen LogP contribution in [0.25, 0.3) is 0 Å². The first-order valence-electron chi connectivity index (χ1n) is 5.01. The number of hydrogen-bond acceptors (Lipinski definition) is 5. The zero-order chi connectivity index (χ0) is 12.8. The lowest BCUT2D eigenvalue weighted by atomic mass is 10.3.